The van der Waals surface area contributed by atoms with Gasteiger partial charge in [-0.3, -0.25) is 5.04 Å². The van der Waals surface area contributed by atoms with E-state index in [0.29, 0.717) is 24.4 Å². The minimum Gasteiger partial charge on any atom is -0.691 e. The van der Waals surface area contributed by atoms with Gasteiger partial charge >= 0.3 is 23.4 Å². The quantitative estimate of drug-likeness (QED) is 0.112. The third kappa shape index (κ3) is 5.62. The Kier molecular flexibility index (Phi) is 7.64. The summed E-state index contributed by atoms with van der Waals surface area (Å²) >= 11 is -1.66. The molecule has 4 aliphatic rings. The summed E-state index contributed by atoms with van der Waals surface area (Å²) in [6, 6.07) is 0. The predicted octanol–water partition coefficient (Wildman–Crippen LogP) is 5.30. The minimum absolute atomic E-state index is 0.0223. The molecule has 0 aliphatic heterocycles. The van der Waals surface area contributed by atoms with Gasteiger partial charge in [-0.25, -0.2) is 4.74 Å². The highest BCUT2D eigenvalue weighted by Gasteiger charge is 2.69. The number of rotatable bonds is 13. The lowest BCUT2D eigenvalue weighted by Crippen LogP contribution is -2.52. The second-order valence-electron chi connectivity index (χ2n) is 9.15. The van der Waals surface area contributed by atoms with E-state index in [1.165, 1.54) is 19.3 Å². The normalized spacial score (nSPS) is 30.8. The van der Waals surface area contributed by atoms with E-state index in [1.54, 1.807) is 0 Å². The van der Waals surface area contributed by atoms with E-state index in [4.69, 9.17) is 4.74 Å². The van der Waals surface area contributed by atoms with Crippen LogP contribution in [-0.2, 0) is 18.8 Å². The van der Waals surface area contributed by atoms with E-state index >= 15 is 0 Å². The topological polar surface area (TPSA) is 60.0 Å². The Morgan fingerprint density at radius 2 is 1.38 bits per heavy atom. The summed E-state index contributed by atoms with van der Waals surface area (Å²) in [5.41, 5.74) is -0.0223. The highest BCUT2D eigenvalue weighted by Crippen LogP contribution is 2.60. The van der Waals surface area contributed by atoms with Crippen LogP contribution in [0.3, 0.4) is 0 Å². The van der Waals surface area contributed by atoms with Crippen molar-refractivity contribution in [3.8, 4) is 0 Å². The summed E-state index contributed by atoms with van der Waals surface area (Å²) < 4.78 is 119. The molecule has 4 aliphatic carbocycles. The van der Waals surface area contributed by atoms with Crippen molar-refractivity contribution in [2.75, 3.05) is 13.2 Å². The Balaban J connectivity index is 1.45. The monoisotopic (exact) mass is 503 g/mol. The molecule has 4 saturated carbocycles. The van der Waals surface area contributed by atoms with Gasteiger partial charge in [-0.2, -0.15) is 39.5 Å². The van der Waals surface area contributed by atoms with Crippen LogP contribution in [0.25, 0.3) is 0 Å². The Hall–Kier alpha value is -0.410. The van der Waals surface area contributed by atoms with Gasteiger partial charge in [0.1, 0.15) is 12.0 Å². The van der Waals surface area contributed by atoms with Gasteiger partial charge in [0.25, 0.3) is 0 Å². The molecule has 0 aromatic carbocycles. The molecule has 0 aromatic heterocycles. The van der Waals surface area contributed by atoms with Crippen molar-refractivity contribution in [3.05, 3.63) is 0 Å². The van der Waals surface area contributed by atoms with Gasteiger partial charge in [0, 0.05) is 13.0 Å². The van der Waals surface area contributed by atoms with Gasteiger partial charge in [-0.15, -0.1) is 0 Å². The smallest absolute Gasteiger partial charge is 0.436 e. The van der Waals surface area contributed by atoms with Gasteiger partial charge in [-0.1, -0.05) is 0 Å². The minimum atomic E-state index is -6.10. The lowest BCUT2D eigenvalue weighted by atomic mass is 9.50. The molecular weight excluding hydrogens is 480 g/mol. The number of halogens is 8. The van der Waals surface area contributed by atoms with Gasteiger partial charge in [0.05, 0.1) is 6.61 Å². The van der Waals surface area contributed by atoms with Crippen LogP contribution < -0.4 is 5.26 Å². The van der Waals surface area contributed by atoms with E-state index < -0.39 is 48.3 Å². The second-order valence-corrected chi connectivity index (χ2v) is 9.97. The predicted molar refractivity (Wildman–Crippen MR) is 91.3 cm³/mol. The molecule has 0 aromatic rings. The maximum Gasteiger partial charge on any atom is 0.436 e. The molecule has 0 unspecified atom stereocenters. The van der Waals surface area contributed by atoms with E-state index in [1.807, 2.05) is 0 Å². The maximum absolute atomic E-state index is 13.8. The summed E-state index contributed by atoms with van der Waals surface area (Å²) in [4.78, 5) is 0. The SMILES string of the molecule is [O-]OOSC(F)(F)C(F)(F)OC(F)(F)C(F)(F)CCCOCC12CC3CC(CC(C3)C1)C2. The fourth-order valence-electron chi connectivity index (χ4n) is 5.70. The molecule has 0 atom stereocenters. The summed E-state index contributed by atoms with van der Waals surface area (Å²) in [7, 11) is 0. The van der Waals surface area contributed by atoms with Crippen molar-refractivity contribution in [1.29, 1.82) is 0 Å². The number of alkyl halides is 8. The number of hydrogen-bond donors (Lipinski definition) is 0. The molecule has 32 heavy (non-hydrogen) atoms. The molecule has 0 spiro atoms. The third-order valence-electron chi connectivity index (χ3n) is 6.54. The zero-order valence-corrected chi connectivity index (χ0v) is 17.6. The fraction of sp³-hybridized carbons (Fsp3) is 1.00. The summed E-state index contributed by atoms with van der Waals surface area (Å²) in [5, 5.41) is 6.26. The molecule has 4 rings (SSSR count). The second kappa shape index (κ2) is 9.33. The van der Waals surface area contributed by atoms with Crippen LogP contribution in [0.1, 0.15) is 51.4 Å². The van der Waals surface area contributed by atoms with E-state index in [-0.39, 0.29) is 12.0 Å². The van der Waals surface area contributed by atoms with Crippen LogP contribution in [0.4, 0.5) is 35.1 Å². The Labute approximate surface area is 183 Å². The van der Waals surface area contributed by atoms with Gasteiger partial charge in [0.2, 0.25) is 0 Å². The highest BCUT2D eigenvalue weighted by atomic mass is 32.2. The third-order valence-corrected chi connectivity index (χ3v) is 7.11. The first-order valence-corrected chi connectivity index (χ1v) is 10.9. The zero-order valence-electron chi connectivity index (χ0n) is 16.8. The van der Waals surface area contributed by atoms with Crippen LogP contribution in [0.5, 0.6) is 0 Å². The van der Waals surface area contributed by atoms with Crippen molar-refractivity contribution in [1.82, 2.24) is 0 Å². The van der Waals surface area contributed by atoms with Crippen molar-refractivity contribution in [3.63, 3.8) is 0 Å². The van der Waals surface area contributed by atoms with E-state index in [0.717, 1.165) is 19.3 Å². The van der Waals surface area contributed by atoms with Gasteiger partial charge in [-0.05, 0) is 68.1 Å². The Morgan fingerprint density at radius 3 is 1.88 bits per heavy atom. The van der Waals surface area contributed by atoms with Crippen LogP contribution in [0, 0.1) is 23.2 Å². The molecule has 0 amide bonds. The number of hydrogen-bond acceptors (Lipinski definition) is 6. The molecule has 0 heterocycles. The average Bonchev–Trinajstić information content (AvgIpc) is 2.63. The molecule has 4 fully saturated rings. The van der Waals surface area contributed by atoms with Crippen LogP contribution in [-0.4, -0.2) is 36.6 Å². The number of ether oxygens (including phenoxy) is 2. The van der Waals surface area contributed by atoms with Crippen molar-refractivity contribution in [2.24, 2.45) is 23.2 Å². The van der Waals surface area contributed by atoms with Gasteiger partial charge in [0.15, 0.2) is 0 Å². The first-order valence-electron chi connectivity index (χ1n) is 10.1. The molecule has 14 heteroatoms. The Bertz CT molecular complexity index is 616. The molecule has 0 saturated heterocycles. The highest BCUT2D eigenvalue weighted by molar-refractivity contribution is 7.95. The van der Waals surface area contributed by atoms with Gasteiger partial charge < -0.3 is 9.99 Å². The van der Waals surface area contributed by atoms with E-state index in [9.17, 15) is 40.4 Å². The first-order chi connectivity index (χ1) is 14.7. The molecule has 0 N–H and O–H groups in total. The van der Waals surface area contributed by atoms with Crippen molar-refractivity contribution < 1.29 is 59.2 Å². The summed E-state index contributed by atoms with van der Waals surface area (Å²) in [5.74, 6) is -3.28. The van der Waals surface area contributed by atoms with Crippen molar-refractivity contribution >= 4 is 12.0 Å². The molecular formula is C18H23F8O5S-. The lowest BCUT2D eigenvalue weighted by Gasteiger charge is -2.56. The average molecular weight is 503 g/mol. The Morgan fingerprint density at radius 1 is 0.844 bits per heavy atom. The molecule has 188 valence electrons. The zero-order chi connectivity index (χ0) is 23.8. The molecule has 0 radical (unpaired) electrons. The van der Waals surface area contributed by atoms with Crippen LogP contribution >= 0.6 is 12.0 Å². The maximum atomic E-state index is 13.8. The van der Waals surface area contributed by atoms with E-state index in [2.05, 4.69) is 14.1 Å². The van der Waals surface area contributed by atoms with Crippen LogP contribution in [0.2, 0.25) is 0 Å². The first kappa shape index (κ1) is 26.2. The molecule has 5 nitrogen and oxygen atoms in total. The standard InChI is InChI=1S/C18H24F8O5S/c19-15(20,16(21,22)29-17(23,24)18(25,26)32-31-30-27)2-1-3-28-10-14-7-11-4-12(8-14)6-13(5-11)9-14/h11-13,27H,1-10H2/p-1. The summed E-state index contributed by atoms with van der Waals surface area (Å²) in [6.45, 7) is 0.00275. The lowest BCUT2D eigenvalue weighted by molar-refractivity contribution is -0.777. The largest absolute Gasteiger partial charge is 0.691 e. The van der Waals surface area contributed by atoms with Crippen molar-refractivity contribution in [2.45, 2.75) is 74.8 Å². The summed E-state index contributed by atoms with van der Waals surface area (Å²) in [6.07, 6.45) is -7.73. The van der Waals surface area contributed by atoms with Crippen LogP contribution in [0.15, 0.2) is 0 Å². The fourth-order valence-corrected chi connectivity index (χ4v) is 5.95. The molecule has 4 bridgehead atoms.